The molecule has 14 heteroatoms. The molecule has 1 aliphatic heterocycles. The lowest BCUT2D eigenvalue weighted by molar-refractivity contribution is -0.136. The lowest BCUT2D eigenvalue weighted by atomic mass is 9.70. The van der Waals surface area contributed by atoms with Gasteiger partial charge in [0.05, 0.1) is 23.8 Å². The summed E-state index contributed by atoms with van der Waals surface area (Å²) in [6.07, 6.45) is 5.74. The smallest absolute Gasteiger partial charge is 0.408 e. The van der Waals surface area contributed by atoms with Crippen molar-refractivity contribution >= 4 is 46.1 Å². The fraction of sp³-hybridized carbons (Fsp3) is 0.500. The molecule has 2 aromatic carbocycles. The zero-order chi connectivity index (χ0) is 44.3. The second-order valence-corrected chi connectivity index (χ2v) is 18.5. The Morgan fingerprint density at radius 3 is 2.56 bits per heavy atom. The van der Waals surface area contributed by atoms with Gasteiger partial charge >= 0.3 is 6.09 Å². The van der Waals surface area contributed by atoms with Crippen LogP contribution in [0.4, 0.5) is 16.3 Å². The summed E-state index contributed by atoms with van der Waals surface area (Å²) < 4.78 is 11.4. The number of ketones is 1. The van der Waals surface area contributed by atoms with E-state index < -0.39 is 23.2 Å². The highest BCUT2D eigenvalue weighted by Crippen LogP contribution is 2.46. The van der Waals surface area contributed by atoms with E-state index in [4.69, 9.17) is 15.2 Å². The highest BCUT2D eigenvalue weighted by Gasteiger charge is 2.41. The number of nitrogens with one attached hydrogen (secondary N) is 3. The Hall–Kier alpha value is -5.94. The van der Waals surface area contributed by atoms with Gasteiger partial charge in [-0.1, -0.05) is 32.9 Å². The molecule has 2 aliphatic carbocycles. The largest absolute Gasteiger partial charge is 0.444 e. The minimum Gasteiger partial charge on any atom is -0.444 e. The fourth-order valence-electron chi connectivity index (χ4n) is 9.29. The molecule has 3 amide bonds. The van der Waals surface area contributed by atoms with E-state index in [-0.39, 0.29) is 36.2 Å². The van der Waals surface area contributed by atoms with Crippen molar-refractivity contribution in [3.8, 4) is 6.07 Å². The van der Waals surface area contributed by atoms with E-state index in [1.54, 1.807) is 39.1 Å². The number of aromatic nitrogens is 2. The minimum absolute atomic E-state index is 0.00363. The Balaban J connectivity index is 0.895. The van der Waals surface area contributed by atoms with Crippen LogP contribution in [0.15, 0.2) is 48.7 Å². The minimum atomic E-state index is -0.776. The van der Waals surface area contributed by atoms with E-state index in [1.807, 2.05) is 23.1 Å². The number of hydrogen-bond donors (Lipinski definition) is 4. The highest BCUT2D eigenvalue weighted by atomic mass is 16.6. The lowest BCUT2D eigenvalue weighted by Gasteiger charge is -2.39. The average Bonchev–Trinajstić information content (AvgIpc) is 3.86. The predicted octanol–water partition coefficient (Wildman–Crippen LogP) is 6.32. The molecule has 3 heterocycles. The van der Waals surface area contributed by atoms with Crippen LogP contribution in [-0.4, -0.2) is 95.6 Å². The third kappa shape index (κ3) is 9.58. The van der Waals surface area contributed by atoms with Crippen LogP contribution in [0.3, 0.4) is 0 Å². The summed E-state index contributed by atoms with van der Waals surface area (Å²) in [5.74, 6) is 0.345. The van der Waals surface area contributed by atoms with Gasteiger partial charge in [0.2, 0.25) is 11.8 Å². The van der Waals surface area contributed by atoms with Gasteiger partial charge in [0, 0.05) is 71.7 Å². The summed E-state index contributed by atoms with van der Waals surface area (Å²) >= 11 is 0. The molecule has 0 bridgehead atoms. The monoisotopic (exact) mass is 844 g/mol. The first kappa shape index (κ1) is 44.1. The van der Waals surface area contributed by atoms with Crippen LogP contribution < -0.4 is 21.3 Å². The molecule has 14 nitrogen and oxygen atoms in total. The molecule has 0 spiro atoms. The van der Waals surface area contributed by atoms with E-state index in [1.165, 1.54) is 0 Å². The molecule has 5 N–H and O–H groups in total. The number of alkyl carbamates (subject to hydrolysis) is 1. The van der Waals surface area contributed by atoms with Gasteiger partial charge in [0.15, 0.2) is 5.78 Å². The maximum absolute atomic E-state index is 14.1. The van der Waals surface area contributed by atoms with Crippen molar-refractivity contribution in [1.29, 1.82) is 5.26 Å². The Kier molecular flexibility index (Phi) is 12.9. The second kappa shape index (κ2) is 18.2. The highest BCUT2D eigenvalue weighted by molar-refractivity contribution is 6.20. The number of aryl methyl sites for hydroxylation is 2. The number of rotatable bonds is 13. The number of piperazine rings is 1. The van der Waals surface area contributed by atoms with Gasteiger partial charge in [-0.2, -0.15) is 5.26 Å². The molecule has 3 aliphatic rings. The molecule has 3 atom stereocenters. The van der Waals surface area contributed by atoms with Gasteiger partial charge < -0.3 is 40.6 Å². The zero-order valence-electron chi connectivity index (χ0n) is 36.9. The number of nitrogen functional groups attached to an aromatic ring is 1. The van der Waals surface area contributed by atoms with E-state index in [0.717, 1.165) is 64.7 Å². The van der Waals surface area contributed by atoms with Gasteiger partial charge in [-0.3, -0.25) is 14.4 Å². The van der Waals surface area contributed by atoms with Crippen molar-refractivity contribution in [2.24, 2.45) is 5.92 Å². The third-order valence-corrected chi connectivity index (χ3v) is 12.6. The number of fused-ring (bicyclic) bond motifs is 4. The Labute approximate surface area is 363 Å². The van der Waals surface area contributed by atoms with Gasteiger partial charge in [0.25, 0.3) is 0 Å². The first-order valence-electron chi connectivity index (χ1n) is 21.9. The second-order valence-electron chi connectivity index (χ2n) is 18.5. The van der Waals surface area contributed by atoms with Crippen LogP contribution in [0.25, 0.3) is 10.9 Å². The molecule has 1 saturated heterocycles. The predicted molar refractivity (Wildman–Crippen MR) is 238 cm³/mol. The normalized spacial score (nSPS) is 18.8. The number of carbonyl (C=O) groups excluding carboxylic acids is 4. The Morgan fingerprint density at radius 2 is 1.85 bits per heavy atom. The maximum atomic E-state index is 14.1. The number of ether oxygens (including phenoxy) is 2. The van der Waals surface area contributed by atoms with Crippen molar-refractivity contribution < 1.29 is 28.7 Å². The van der Waals surface area contributed by atoms with Gasteiger partial charge in [0.1, 0.15) is 24.1 Å². The van der Waals surface area contributed by atoms with Crippen molar-refractivity contribution in [3.63, 3.8) is 0 Å². The topological polar surface area (TPSA) is 196 Å². The van der Waals surface area contributed by atoms with E-state index in [9.17, 15) is 24.4 Å². The standard InChI is InChI=1S/C48H60N8O6/c1-7-31-24-35-36(48(5,6)43-41(42(35)58)34-16-14-29(26-49)23-38(34)53-43)25-39(31)55-18-20-56(21-19-55)40(57)28-61-27-30-13-15-33(22-30)52-45(59)37(54-46(60)62-47(2,3)4)12-8-10-32-11-9-17-51-44(32)50/h9,11,14,16-17,23-25,30,33,37,53H,7-8,10,12-13,15,18-22,27-28H2,1-6H3,(H2,50,51)(H,52,59)(H,54,60)/t30-,33-,37+/m1/s1. The summed E-state index contributed by atoms with van der Waals surface area (Å²) in [5.41, 5.74) is 12.5. The average molecular weight is 845 g/mol. The quantitative estimate of drug-likeness (QED) is 0.118. The van der Waals surface area contributed by atoms with Crippen LogP contribution in [0.5, 0.6) is 0 Å². The Bertz CT molecular complexity index is 2380. The Morgan fingerprint density at radius 1 is 1.08 bits per heavy atom. The molecule has 62 heavy (non-hydrogen) atoms. The van der Waals surface area contributed by atoms with Gasteiger partial charge in [-0.25, -0.2) is 9.78 Å². The van der Waals surface area contributed by atoms with Crippen molar-refractivity contribution in [3.05, 3.63) is 87.7 Å². The SMILES string of the molecule is CCc1cc2c(cc1N1CCN(C(=O)COC[C@@H]3CC[C@@H](NC(=O)[C@H](CCCc4cccnc4N)NC(=O)OC(C)(C)C)C3)CC1)C(C)(C)c1[nH]c3cc(C#N)ccc3c1C2=O. The molecule has 4 aromatic rings. The van der Waals surface area contributed by atoms with E-state index in [0.29, 0.717) is 74.6 Å². The molecular formula is C48H60N8O6. The fourth-order valence-corrected chi connectivity index (χ4v) is 9.29. The van der Waals surface area contributed by atoms with Crippen LogP contribution in [0.2, 0.25) is 0 Å². The van der Waals surface area contributed by atoms with Crippen LogP contribution in [0, 0.1) is 17.2 Å². The summed E-state index contributed by atoms with van der Waals surface area (Å²) in [5, 5.41) is 16.2. The number of carbonyl (C=O) groups is 4. The molecule has 2 fully saturated rings. The zero-order valence-corrected chi connectivity index (χ0v) is 36.9. The molecular weight excluding hydrogens is 785 g/mol. The molecule has 328 valence electrons. The molecule has 0 radical (unpaired) electrons. The summed E-state index contributed by atoms with van der Waals surface area (Å²) in [6, 6.07) is 14.8. The summed E-state index contributed by atoms with van der Waals surface area (Å²) in [6.45, 7) is 14.6. The maximum Gasteiger partial charge on any atom is 0.408 e. The number of nitrogens with zero attached hydrogens (tertiary/aromatic N) is 4. The first-order valence-corrected chi connectivity index (χ1v) is 21.9. The summed E-state index contributed by atoms with van der Waals surface area (Å²) in [7, 11) is 0. The molecule has 7 rings (SSSR count). The molecule has 2 aromatic heterocycles. The van der Waals surface area contributed by atoms with Crippen molar-refractivity contribution in [1.82, 2.24) is 25.5 Å². The number of H-pyrrole nitrogens is 1. The number of benzene rings is 2. The first-order chi connectivity index (χ1) is 29.6. The van der Waals surface area contributed by atoms with Crippen LogP contribution in [-0.2, 0) is 37.3 Å². The third-order valence-electron chi connectivity index (χ3n) is 12.6. The van der Waals surface area contributed by atoms with Crippen LogP contribution >= 0.6 is 0 Å². The summed E-state index contributed by atoms with van der Waals surface area (Å²) in [4.78, 5) is 65.5. The molecule has 0 unspecified atom stereocenters. The van der Waals surface area contributed by atoms with Crippen LogP contribution in [0.1, 0.15) is 118 Å². The number of aromatic amines is 1. The number of hydrogen-bond acceptors (Lipinski definition) is 10. The number of nitrogens with two attached hydrogens (primary N) is 1. The van der Waals surface area contributed by atoms with Crippen molar-refractivity contribution in [2.75, 3.05) is 50.0 Å². The van der Waals surface area contributed by atoms with E-state index >= 15 is 0 Å². The number of anilines is 2. The number of nitriles is 1. The van der Waals surface area contributed by atoms with Gasteiger partial charge in [-0.05, 0) is 119 Å². The molecule has 1 saturated carbocycles. The number of pyridine rings is 1. The van der Waals surface area contributed by atoms with Crippen molar-refractivity contribution in [2.45, 2.75) is 110 Å². The number of amides is 3. The van der Waals surface area contributed by atoms with E-state index in [2.05, 4.69) is 64.5 Å². The lowest BCUT2D eigenvalue weighted by Crippen LogP contribution is -2.50. The van der Waals surface area contributed by atoms with Gasteiger partial charge in [-0.15, -0.1) is 0 Å².